The van der Waals surface area contributed by atoms with Crippen LogP contribution in [0.2, 0.25) is 0 Å². The highest BCUT2D eigenvalue weighted by atomic mass is 19.4. The maximum Gasteiger partial charge on any atom is 0.572 e. The second-order valence-corrected chi connectivity index (χ2v) is 1.37. The molecular formula is C4H2F3NO2. The van der Waals surface area contributed by atoms with Crippen molar-refractivity contribution in [2.75, 3.05) is 0 Å². The third-order valence-corrected chi connectivity index (χ3v) is 0.625. The van der Waals surface area contributed by atoms with Crippen molar-refractivity contribution in [3.63, 3.8) is 0 Å². The van der Waals surface area contributed by atoms with Crippen LogP contribution >= 0.6 is 0 Å². The maximum absolute atomic E-state index is 11.3. The van der Waals surface area contributed by atoms with Crippen molar-refractivity contribution in [2.24, 2.45) is 0 Å². The molecule has 0 aromatic heterocycles. The molecule has 0 amide bonds. The first kappa shape index (κ1) is 7.20. The molecule has 0 aromatic rings. The fraction of sp³-hybridized carbons (Fsp3) is 0.250. The summed E-state index contributed by atoms with van der Waals surface area (Å²) < 4.78 is 37.3. The van der Waals surface area contributed by atoms with Crippen molar-refractivity contribution in [3.8, 4) is 0 Å². The molecule has 0 bridgehead atoms. The molecule has 0 spiro atoms. The summed E-state index contributed by atoms with van der Waals surface area (Å²) in [5.74, 6) is -0.521. The van der Waals surface area contributed by atoms with E-state index in [2.05, 4.69) is 9.57 Å². The number of alkyl halides is 3. The maximum atomic E-state index is 11.3. The Morgan fingerprint density at radius 3 is 2.70 bits per heavy atom. The predicted molar refractivity (Wildman–Crippen MR) is 22.7 cm³/mol. The van der Waals surface area contributed by atoms with Crippen LogP contribution in [0.3, 0.4) is 0 Å². The number of hydrogen-bond acceptors (Lipinski definition) is 3. The zero-order valence-electron chi connectivity index (χ0n) is 4.53. The SMILES string of the molecule is FC(F)(F)OC1=CON[C]1. The van der Waals surface area contributed by atoms with Crippen molar-refractivity contribution >= 4 is 0 Å². The first-order valence-corrected chi connectivity index (χ1v) is 2.20. The molecule has 10 heavy (non-hydrogen) atoms. The van der Waals surface area contributed by atoms with Gasteiger partial charge in [0, 0.05) is 0 Å². The molecule has 1 heterocycles. The van der Waals surface area contributed by atoms with Gasteiger partial charge in [0.25, 0.3) is 0 Å². The molecule has 1 aliphatic rings. The standard InChI is InChI=1S/C4H2F3NO2/c5-4(6,7)10-3-1-8-9-2-3/h2,8H. The van der Waals surface area contributed by atoms with Crippen LogP contribution in [-0.4, -0.2) is 6.36 Å². The van der Waals surface area contributed by atoms with Gasteiger partial charge in [0.2, 0.25) is 0 Å². The van der Waals surface area contributed by atoms with Crippen molar-refractivity contribution in [3.05, 3.63) is 18.6 Å². The van der Waals surface area contributed by atoms with Gasteiger partial charge in [-0.2, -0.15) is 0 Å². The Hall–Kier alpha value is -0.910. The number of halogens is 3. The first-order valence-electron chi connectivity index (χ1n) is 2.20. The summed E-state index contributed by atoms with van der Waals surface area (Å²) >= 11 is 0. The van der Waals surface area contributed by atoms with E-state index in [9.17, 15) is 13.2 Å². The van der Waals surface area contributed by atoms with Crippen molar-refractivity contribution in [1.29, 1.82) is 0 Å². The summed E-state index contributed by atoms with van der Waals surface area (Å²) in [4.78, 5) is 4.15. The highest BCUT2D eigenvalue weighted by Crippen LogP contribution is 2.22. The van der Waals surface area contributed by atoms with Gasteiger partial charge in [0.15, 0.2) is 18.6 Å². The number of ether oxygens (including phenoxy) is 1. The molecule has 3 nitrogen and oxygen atoms in total. The van der Waals surface area contributed by atoms with Crippen LogP contribution in [0, 0.1) is 6.54 Å². The monoisotopic (exact) mass is 153 g/mol. The molecule has 6 heteroatoms. The average Bonchev–Trinajstić information content (AvgIpc) is 2.12. The van der Waals surface area contributed by atoms with Crippen molar-refractivity contribution < 1.29 is 22.7 Å². The minimum atomic E-state index is -4.69. The molecule has 0 unspecified atom stereocenters. The van der Waals surface area contributed by atoms with Gasteiger partial charge in [-0.15, -0.1) is 18.7 Å². The van der Waals surface area contributed by atoms with Crippen LogP contribution in [0.15, 0.2) is 12.0 Å². The van der Waals surface area contributed by atoms with Gasteiger partial charge in [0.05, 0.1) is 0 Å². The van der Waals surface area contributed by atoms with E-state index in [4.69, 9.17) is 0 Å². The topological polar surface area (TPSA) is 30.5 Å². The van der Waals surface area contributed by atoms with Crippen LogP contribution in [0.1, 0.15) is 0 Å². The molecule has 0 saturated heterocycles. The fourth-order valence-electron chi connectivity index (χ4n) is 0.366. The normalized spacial score (nSPS) is 18.1. The summed E-state index contributed by atoms with van der Waals surface area (Å²) in [6, 6.07) is 0. The molecule has 0 atom stereocenters. The molecular weight excluding hydrogens is 151 g/mol. The van der Waals surface area contributed by atoms with E-state index in [1.807, 2.05) is 12.0 Å². The van der Waals surface area contributed by atoms with Crippen LogP contribution in [0.4, 0.5) is 13.2 Å². The smallest absolute Gasteiger partial charge is 0.412 e. The molecule has 0 saturated carbocycles. The van der Waals surface area contributed by atoms with E-state index < -0.39 is 12.1 Å². The Bertz CT molecular complexity index is 153. The summed E-state index contributed by atoms with van der Waals surface area (Å²) in [6.45, 7) is 1.96. The van der Waals surface area contributed by atoms with E-state index in [0.717, 1.165) is 6.26 Å². The van der Waals surface area contributed by atoms with Gasteiger partial charge in [0.1, 0.15) is 0 Å². The van der Waals surface area contributed by atoms with Crippen molar-refractivity contribution in [1.82, 2.24) is 5.48 Å². The first-order chi connectivity index (χ1) is 4.58. The van der Waals surface area contributed by atoms with E-state index in [1.165, 1.54) is 0 Å². The molecule has 2 radical (unpaired) electrons. The third kappa shape index (κ3) is 2.14. The zero-order chi connectivity index (χ0) is 7.61. The molecule has 1 rings (SSSR count). The summed E-state index contributed by atoms with van der Waals surface area (Å²) in [7, 11) is 0. The van der Waals surface area contributed by atoms with Crippen LogP contribution in [0.5, 0.6) is 0 Å². The minimum Gasteiger partial charge on any atom is -0.412 e. The Kier molecular flexibility index (Phi) is 1.71. The quantitative estimate of drug-likeness (QED) is 0.608. The number of rotatable bonds is 1. The van der Waals surface area contributed by atoms with Gasteiger partial charge in [-0.05, 0) is 0 Å². The van der Waals surface area contributed by atoms with Crippen LogP contribution in [-0.2, 0) is 9.57 Å². The van der Waals surface area contributed by atoms with Gasteiger partial charge in [-0.1, -0.05) is 0 Å². The van der Waals surface area contributed by atoms with E-state index in [1.54, 1.807) is 0 Å². The summed E-state index contributed by atoms with van der Waals surface area (Å²) in [5, 5.41) is 0. The lowest BCUT2D eigenvalue weighted by Gasteiger charge is -2.05. The van der Waals surface area contributed by atoms with Crippen LogP contribution < -0.4 is 5.48 Å². The van der Waals surface area contributed by atoms with Gasteiger partial charge >= 0.3 is 6.36 Å². The van der Waals surface area contributed by atoms with Gasteiger partial charge in [-0.3, -0.25) is 0 Å². The lowest BCUT2D eigenvalue weighted by atomic mass is 10.6. The Morgan fingerprint density at radius 2 is 2.30 bits per heavy atom. The second-order valence-electron chi connectivity index (χ2n) is 1.37. The Labute approximate surface area is 54.4 Å². The summed E-state index contributed by atoms with van der Waals surface area (Å²) in [5.41, 5.74) is 1.93. The van der Waals surface area contributed by atoms with E-state index in [-0.39, 0.29) is 0 Å². The number of hydroxylamine groups is 1. The second kappa shape index (κ2) is 2.37. The Balaban J connectivity index is 2.38. The van der Waals surface area contributed by atoms with Gasteiger partial charge < -0.3 is 9.57 Å². The number of hydrogen-bond donors (Lipinski definition) is 1. The fourth-order valence-corrected chi connectivity index (χ4v) is 0.366. The molecule has 0 aromatic carbocycles. The van der Waals surface area contributed by atoms with E-state index in [0.29, 0.717) is 0 Å². The Morgan fingerprint density at radius 1 is 1.60 bits per heavy atom. The minimum absolute atomic E-state index is 0.521. The largest absolute Gasteiger partial charge is 0.572 e. The van der Waals surface area contributed by atoms with Gasteiger partial charge in [-0.25, -0.2) is 0 Å². The van der Waals surface area contributed by atoms with Crippen LogP contribution in [0.25, 0.3) is 0 Å². The lowest BCUT2D eigenvalue weighted by Crippen LogP contribution is -2.13. The molecule has 56 valence electrons. The number of nitrogens with one attached hydrogen (secondary N) is 1. The van der Waals surface area contributed by atoms with Crippen molar-refractivity contribution in [2.45, 2.75) is 6.36 Å². The predicted octanol–water partition coefficient (Wildman–Crippen LogP) is 0.938. The highest BCUT2D eigenvalue weighted by Gasteiger charge is 2.33. The molecule has 1 aliphatic heterocycles. The lowest BCUT2D eigenvalue weighted by molar-refractivity contribution is -0.304. The summed E-state index contributed by atoms with van der Waals surface area (Å²) in [6.07, 6.45) is -3.93. The van der Waals surface area contributed by atoms with E-state index >= 15 is 0 Å². The molecule has 0 fully saturated rings. The molecule has 0 aliphatic carbocycles. The zero-order valence-corrected chi connectivity index (χ0v) is 4.53. The third-order valence-electron chi connectivity index (χ3n) is 0.625. The highest BCUT2D eigenvalue weighted by molar-refractivity contribution is 5.03. The average molecular weight is 153 g/mol. The molecule has 1 N–H and O–H groups in total.